The minimum atomic E-state index is -4.75. The van der Waals surface area contributed by atoms with Crippen molar-refractivity contribution in [3.05, 3.63) is 41.5 Å². The van der Waals surface area contributed by atoms with Crippen molar-refractivity contribution in [1.29, 1.82) is 0 Å². The highest BCUT2D eigenvalue weighted by Gasteiger charge is 2.31. The molecular formula is C16H12F3N3O3S. The van der Waals surface area contributed by atoms with E-state index in [9.17, 15) is 18.0 Å². The van der Waals surface area contributed by atoms with Gasteiger partial charge in [0.2, 0.25) is 0 Å². The van der Waals surface area contributed by atoms with Crippen LogP contribution in [0, 0.1) is 0 Å². The first-order chi connectivity index (χ1) is 12.4. The van der Waals surface area contributed by atoms with Crippen LogP contribution in [-0.2, 0) is 4.74 Å². The summed E-state index contributed by atoms with van der Waals surface area (Å²) in [5, 5.41) is 5.09. The molecule has 26 heavy (non-hydrogen) atoms. The number of hydrogen-bond acceptors (Lipinski definition) is 7. The number of fused-ring (bicyclic) bond motifs is 1. The van der Waals surface area contributed by atoms with Gasteiger partial charge in [-0.25, -0.2) is 14.8 Å². The smallest absolute Gasteiger partial charge is 0.462 e. The zero-order valence-electron chi connectivity index (χ0n) is 13.3. The lowest BCUT2D eigenvalue weighted by atomic mass is 10.2. The molecule has 2 aromatic heterocycles. The van der Waals surface area contributed by atoms with Crippen LogP contribution in [0.25, 0.3) is 10.2 Å². The standard InChI is InChI=1S/C16H12F3N3O3S/c1-2-24-15(23)11-7-26-14-12(11)13(20-8-21-14)22-9-3-5-10(6-4-9)25-16(17,18)19/h3-8H,2H2,1H3,(H,20,21,22). The number of nitrogens with zero attached hydrogens (tertiary/aromatic N) is 2. The van der Waals surface area contributed by atoms with E-state index >= 15 is 0 Å². The number of carbonyl (C=O) groups excluding carboxylic acids is 1. The normalized spacial score (nSPS) is 11.4. The highest BCUT2D eigenvalue weighted by molar-refractivity contribution is 7.17. The molecule has 0 aliphatic rings. The summed E-state index contributed by atoms with van der Waals surface area (Å²) in [6.07, 6.45) is -3.42. The molecular weight excluding hydrogens is 371 g/mol. The number of halogens is 3. The van der Waals surface area contributed by atoms with E-state index in [0.717, 1.165) is 0 Å². The third-order valence-corrected chi connectivity index (χ3v) is 4.10. The van der Waals surface area contributed by atoms with Gasteiger partial charge in [-0.2, -0.15) is 0 Å². The van der Waals surface area contributed by atoms with Crippen LogP contribution < -0.4 is 10.1 Å². The van der Waals surface area contributed by atoms with Crippen LogP contribution in [0.15, 0.2) is 36.0 Å². The monoisotopic (exact) mass is 383 g/mol. The summed E-state index contributed by atoms with van der Waals surface area (Å²) in [4.78, 5) is 20.9. The lowest BCUT2D eigenvalue weighted by Gasteiger charge is -2.11. The van der Waals surface area contributed by atoms with E-state index in [-0.39, 0.29) is 12.4 Å². The summed E-state index contributed by atoms with van der Waals surface area (Å²) >= 11 is 1.26. The van der Waals surface area contributed by atoms with Crippen molar-refractivity contribution in [3.63, 3.8) is 0 Å². The summed E-state index contributed by atoms with van der Waals surface area (Å²) in [5.74, 6) is -0.479. The summed E-state index contributed by atoms with van der Waals surface area (Å²) in [5.41, 5.74) is 0.799. The molecule has 3 aromatic rings. The van der Waals surface area contributed by atoms with E-state index in [0.29, 0.717) is 27.3 Å². The molecule has 136 valence electrons. The molecule has 0 fully saturated rings. The summed E-state index contributed by atoms with van der Waals surface area (Å²) in [6, 6.07) is 5.17. The second-order valence-corrected chi connectivity index (χ2v) is 5.83. The average molecular weight is 383 g/mol. The third-order valence-electron chi connectivity index (χ3n) is 3.22. The molecule has 3 rings (SSSR count). The molecule has 1 N–H and O–H groups in total. The molecule has 0 unspecified atom stereocenters. The molecule has 6 nitrogen and oxygen atoms in total. The van der Waals surface area contributed by atoms with Gasteiger partial charge in [-0.1, -0.05) is 0 Å². The molecule has 0 atom stereocenters. The predicted molar refractivity (Wildman–Crippen MR) is 89.8 cm³/mol. The van der Waals surface area contributed by atoms with Crippen molar-refractivity contribution >= 4 is 39.0 Å². The topological polar surface area (TPSA) is 73.3 Å². The fourth-order valence-electron chi connectivity index (χ4n) is 2.21. The lowest BCUT2D eigenvalue weighted by molar-refractivity contribution is -0.274. The Morgan fingerprint density at radius 1 is 1.23 bits per heavy atom. The SMILES string of the molecule is CCOC(=O)c1csc2ncnc(Nc3ccc(OC(F)(F)F)cc3)c12. The zero-order chi connectivity index (χ0) is 18.7. The number of esters is 1. The Morgan fingerprint density at radius 2 is 1.96 bits per heavy atom. The highest BCUT2D eigenvalue weighted by Crippen LogP contribution is 2.32. The van der Waals surface area contributed by atoms with Gasteiger partial charge in [-0.3, -0.25) is 0 Å². The molecule has 10 heteroatoms. The van der Waals surface area contributed by atoms with E-state index in [1.807, 2.05) is 0 Å². The number of rotatable bonds is 5. The Labute approximate surface area is 149 Å². The van der Waals surface area contributed by atoms with E-state index in [4.69, 9.17) is 4.74 Å². The number of anilines is 2. The third kappa shape index (κ3) is 4.02. The van der Waals surface area contributed by atoms with E-state index in [1.165, 1.54) is 41.9 Å². The number of benzene rings is 1. The van der Waals surface area contributed by atoms with Gasteiger partial charge in [-0.05, 0) is 31.2 Å². The maximum atomic E-state index is 12.2. The fourth-order valence-corrected chi connectivity index (χ4v) is 3.08. The highest BCUT2D eigenvalue weighted by atomic mass is 32.1. The van der Waals surface area contributed by atoms with Crippen molar-refractivity contribution in [2.45, 2.75) is 13.3 Å². The zero-order valence-corrected chi connectivity index (χ0v) is 14.1. The maximum Gasteiger partial charge on any atom is 0.573 e. The summed E-state index contributed by atoms with van der Waals surface area (Å²) in [6.45, 7) is 1.93. The van der Waals surface area contributed by atoms with Gasteiger partial charge in [0.05, 0.1) is 17.6 Å². The Bertz CT molecular complexity index is 926. The van der Waals surface area contributed by atoms with Crippen LogP contribution in [0.5, 0.6) is 5.75 Å². The van der Waals surface area contributed by atoms with Crippen LogP contribution in [-0.4, -0.2) is 28.9 Å². The van der Waals surface area contributed by atoms with Crippen LogP contribution in [0.1, 0.15) is 17.3 Å². The molecule has 0 radical (unpaired) electrons. The first-order valence-electron chi connectivity index (χ1n) is 7.39. The first-order valence-corrected chi connectivity index (χ1v) is 8.27. The molecule has 0 saturated heterocycles. The quantitative estimate of drug-likeness (QED) is 0.654. The van der Waals surface area contributed by atoms with Crippen molar-refractivity contribution in [2.75, 3.05) is 11.9 Å². The van der Waals surface area contributed by atoms with Crippen LogP contribution in [0.3, 0.4) is 0 Å². The van der Waals surface area contributed by atoms with Crippen molar-refractivity contribution in [3.8, 4) is 5.75 Å². The minimum absolute atomic E-state index is 0.229. The molecule has 0 aliphatic heterocycles. The van der Waals surface area contributed by atoms with Gasteiger partial charge in [-0.15, -0.1) is 24.5 Å². The van der Waals surface area contributed by atoms with E-state index in [1.54, 1.807) is 12.3 Å². The largest absolute Gasteiger partial charge is 0.573 e. The van der Waals surface area contributed by atoms with Gasteiger partial charge in [0.15, 0.2) is 0 Å². The number of nitrogens with one attached hydrogen (secondary N) is 1. The average Bonchev–Trinajstić information content (AvgIpc) is 3.01. The van der Waals surface area contributed by atoms with Crippen molar-refractivity contribution in [2.24, 2.45) is 0 Å². The molecule has 1 aromatic carbocycles. The Kier molecular flexibility index (Phi) is 4.94. The van der Waals surface area contributed by atoms with Gasteiger partial charge in [0.25, 0.3) is 0 Å². The van der Waals surface area contributed by atoms with E-state index in [2.05, 4.69) is 20.0 Å². The van der Waals surface area contributed by atoms with Gasteiger partial charge >= 0.3 is 12.3 Å². The number of alkyl halides is 3. The molecule has 0 bridgehead atoms. The number of carbonyl (C=O) groups is 1. The Morgan fingerprint density at radius 3 is 2.62 bits per heavy atom. The second-order valence-electron chi connectivity index (χ2n) is 4.97. The van der Waals surface area contributed by atoms with Crippen LogP contribution in [0.4, 0.5) is 24.7 Å². The van der Waals surface area contributed by atoms with Crippen LogP contribution >= 0.6 is 11.3 Å². The van der Waals surface area contributed by atoms with Crippen LogP contribution in [0.2, 0.25) is 0 Å². The van der Waals surface area contributed by atoms with Gasteiger partial charge in [0.1, 0.15) is 22.7 Å². The minimum Gasteiger partial charge on any atom is -0.462 e. The molecule has 0 amide bonds. The summed E-state index contributed by atoms with van der Waals surface area (Å²) in [7, 11) is 0. The number of aromatic nitrogens is 2. The number of thiophene rings is 1. The maximum absolute atomic E-state index is 12.2. The Hall–Kier alpha value is -2.88. The molecule has 0 spiro atoms. The van der Waals surface area contributed by atoms with E-state index < -0.39 is 12.3 Å². The lowest BCUT2D eigenvalue weighted by Crippen LogP contribution is -2.16. The molecule has 2 heterocycles. The molecule has 0 aliphatic carbocycles. The predicted octanol–water partition coefficient (Wildman–Crippen LogP) is 4.51. The van der Waals surface area contributed by atoms with Gasteiger partial charge in [0, 0.05) is 11.1 Å². The van der Waals surface area contributed by atoms with Crippen molar-refractivity contribution in [1.82, 2.24) is 9.97 Å². The van der Waals surface area contributed by atoms with Crippen molar-refractivity contribution < 1.29 is 27.4 Å². The van der Waals surface area contributed by atoms with Gasteiger partial charge < -0.3 is 14.8 Å². The Balaban J connectivity index is 1.89. The number of hydrogen-bond donors (Lipinski definition) is 1. The number of ether oxygens (including phenoxy) is 2. The molecule has 0 saturated carbocycles. The second kappa shape index (κ2) is 7.16. The fraction of sp³-hybridized carbons (Fsp3) is 0.188. The first kappa shape index (κ1) is 17.9. The summed E-state index contributed by atoms with van der Waals surface area (Å²) < 4.78 is 45.5.